The number of carboxylic acids is 1. The molecular weight excluding hydrogens is 258 g/mol. The van der Waals surface area contributed by atoms with Crippen LogP contribution in [0.15, 0.2) is 36.4 Å². The van der Waals surface area contributed by atoms with E-state index in [4.69, 9.17) is 5.73 Å². The van der Waals surface area contributed by atoms with Crippen molar-refractivity contribution in [2.75, 3.05) is 0 Å². The summed E-state index contributed by atoms with van der Waals surface area (Å²) in [6, 6.07) is 10.1. The molecule has 0 heterocycles. The third kappa shape index (κ3) is 2.66. The second-order valence-corrected chi connectivity index (χ2v) is 4.40. The Morgan fingerprint density at radius 1 is 1.00 bits per heavy atom. The van der Waals surface area contributed by atoms with E-state index in [1.165, 1.54) is 6.07 Å². The van der Waals surface area contributed by atoms with E-state index in [2.05, 4.69) is 0 Å². The van der Waals surface area contributed by atoms with Crippen LogP contribution in [0.4, 0.5) is 0 Å². The molecule has 0 aliphatic heterocycles. The van der Waals surface area contributed by atoms with Crippen LogP contribution in [0.1, 0.15) is 33.6 Å². The molecule has 0 fully saturated rings. The van der Waals surface area contributed by atoms with Gasteiger partial charge in [0.15, 0.2) is 5.78 Å². The van der Waals surface area contributed by atoms with Crippen molar-refractivity contribution in [2.45, 2.75) is 12.8 Å². The molecule has 0 spiro atoms. The van der Waals surface area contributed by atoms with Crippen molar-refractivity contribution in [1.29, 1.82) is 0 Å². The van der Waals surface area contributed by atoms with Crippen LogP contribution in [0.5, 0.6) is 0 Å². The van der Waals surface area contributed by atoms with Gasteiger partial charge in [0, 0.05) is 18.4 Å². The highest BCUT2D eigenvalue weighted by molar-refractivity contribution is 6.15. The van der Waals surface area contributed by atoms with Crippen LogP contribution < -0.4 is 5.73 Å². The number of hydrogen-bond acceptors (Lipinski definition) is 3. The first-order valence-electron chi connectivity index (χ1n) is 6.07. The molecule has 0 saturated carbocycles. The Labute approximate surface area is 115 Å². The molecule has 5 heteroatoms. The molecule has 1 amide bonds. The van der Waals surface area contributed by atoms with Gasteiger partial charge < -0.3 is 10.8 Å². The Balaban J connectivity index is 2.57. The molecule has 0 radical (unpaired) electrons. The van der Waals surface area contributed by atoms with Gasteiger partial charge in [0.05, 0.1) is 5.56 Å². The fourth-order valence-electron chi connectivity index (χ4n) is 2.11. The quantitative estimate of drug-likeness (QED) is 0.812. The first-order chi connectivity index (χ1) is 9.50. The lowest BCUT2D eigenvalue weighted by molar-refractivity contribution is -0.118. The molecule has 0 aromatic heterocycles. The largest absolute Gasteiger partial charge is 0.478 e. The summed E-state index contributed by atoms with van der Waals surface area (Å²) in [7, 11) is 0. The number of benzene rings is 2. The zero-order chi connectivity index (χ0) is 14.7. The van der Waals surface area contributed by atoms with Gasteiger partial charge in [-0.15, -0.1) is 0 Å². The van der Waals surface area contributed by atoms with Crippen molar-refractivity contribution in [3.8, 4) is 0 Å². The number of carbonyl (C=O) groups excluding carboxylic acids is 2. The first-order valence-corrected chi connectivity index (χ1v) is 6.07. The van der Waals surface area contributed by atoms with E-state index in [0.717, 1.165) is 5.39 Å². The van der Waals surface area contributed by atoms with Crippen LogP contribution in [0.3, 0.4) is 0 Å². The Morgan fingerprint density at radius 3 is 2.35 bits per heavy atom. The zero-order valence-electron chi connectivity index (χ0n) is 10.6. The second-order valence-electron chi connectivity index (χ2n) is 4.40. The third-order valence-electron chi connectivity index (χ3n) is 3.04. The van der Waals surface area contributed by atoms with Crippen molar-refractivity contribution in [3.05, 3.63) is 47.5 Å². The fraction of sp³-hybridized carbons (Fsp3) is 0.133. The van der Waals surface area contributed by atoms with Gasteiger partial charge in [-0.3, -0.25) is 9.59 Å². The average Bonchev–Trinajstić information content (AvgIpc) is 2.43. The number of carboxylic acid groups (broad SMARTS) is 1. The molecule has 0 atom stereocenters. The topological polar surface area (TPSA) is 97.5 Å². The van der Waals surface area contributed by atoms with Gasteiger partial charge in [-0.2, -0.15) is 0 Å². The third-order valence-corrected chi connectivity index (χ3v) is 3.04. The van der Waals surface area contributed by atoms with Gasteiger partial charge in [0.1, 0.15) is 0 Å². The lowest BCUT2D eigenvalue weighted by atomic mass is 9.94. The Hall–Kier alpha value is -2.69. The summed E-state index contributed by atoms with van der Waals surface area (Å²) in [6.45, 7) is 0. The number of hydrogen-bond donors (Lipinski definition) is 2. The summed E-state index contributed by atoms with van der Waals surface area (Å²) >= 11 is 0. The maximum atomic E-state index is 12.2. The minimum atomic E-state index is -1.17. The molecule has 2 aromatic carbocycles. The molecule has 0 bridgehead atoms. The molecule has 5 nitrogen and oxygen atoms in total. The molecule has 0 saturated heterocycles. The molecule has 3 N–H and O–H groups in total. The lowest BCUT2D eigenvalue weighted by Crippen LogP contribution is -2.15. The van der Waals surface area contributed by atoms with Gasteiger partial charge in [-0.1, -0.05) is 30.3 Å². The second kappa shape index (κ2) is 5.52. The van der Waals surface area contributed by atoms with Crippen molar-refractivity contribution in [3.63, 3.8) is 0 Å². The normalized spacial score (nSPS) is 10.4. The lowest BCUT2D eigenvalue weighted by Gasteiger charge is -2.09. The Kier molecular flexibility index (Phi) is 3.79. The van der Waals surface area contributed by atoms with Gasteiger partial charge in [-0.05, 0) is 16.8 Å². The molecule has 0 aliphatic rings. The Morgan fingerprint density at radius 2 is 1.70 bits per heavy atom. The smallest absolute Gasteiger partial charge is 0.336 e. The number of nitrogens with two attached hydrogens (primary N) is 1. The molecule has 0 unspecified atom stereocenters. The monoisotopic (exact) mass is 271 g/mol. The number of rotatable bonds is 5. The van der Waals surface area contributed by atoms with Crippen molar-refractivity contribution >= 4 is 28.4 Å². The van der Waals surface area contributed by atoms with E-state index in [-0.39, 0.29) is 24.0 Å². The maximum absolute atomic E-state index is 12.2. The number of carbonyl (C=O) groups is 3. The fourth-order valence-corrected chi connectivity index (χ4v) is 2.11. The van der Waals surface area contributed by atoms with Crippen LogP contribution in [0.2, 0.25) is 0 Å². The van der Waals surface area contributed by atoms with E-state index < -0.39 is 17.7 Å². The van der Waals surface area contributed by atoms with Crippen molar-refractivity contribution < 1.29 is 19.5 Å². The molecule has 2 aromatic rings. The van der Waals surface area contributed by atoms with Gasteiger partial charge >= 0.3 is 5.97 Å². The van der Waals surface area contributed by atoms with E-state index in [1.807, 2.05) is 0 Å². The van der Waals surface area contributed by atoms with Gasteiger partial charge in [0.25, 0.3) is 0 Å². The van der Waals surface area contributed by atoms with Crippen molar-refractivity contribution in [2.24, 2.45) is 5.73 Å². The molecule has 20 heavy (non-hydrogen) atoms. The van der Waals surface area contributed by atoms with Crippen molar-refractivity contribution in [1.82, 2.24) is 0 Å². The summed E-state index contributed by atoms with van der Waals surface area (Å²) in [6.07, 6.45) is -0.190. The number of Topliss-reactive ketones (excluding diaryl/α,β-unsaturated/α-hetero) is 1. The summed E-state index contributed by atoms with van der Waals surface area (Å²) in [5.74, 6) is -2.15. The number of fused-ring (bicyclic) bond motifs is 1. The van der Waals surface area contributed by atoms with Gasteiger partial charge in [0.2, 0.25) is 5.91 Å². The minimum Gasteiger partial charge on any atom is -0.478 e. The zero-order valence-corrected chi connectivity index (χ0v) is 10.6. The molecule has 0 aliphatic carbocycles. The van der Waals surface area contributed by atoms with E-state index in [1.54, 1.807) is 30.3 Å². The SMILES string of the molecule is NC(=O)CCC(=O)c1c(C(=O)O)ccc2ccccc12. The minimum absolute atomic E-state index is 0.0572. The van der Waals surface area contributed by atoms with E-state index in [0.29, 0.717) is 5.39 Å². The van der Waals surface area contributed by atoms with Crippen LogP contribution in [0, 0.1) is 0 Å². The van der Waals surface area contributed by atoms with Crippen LogP contribution in [-0.4, -0.2) is 22.8 Å². The van der Waals surface area contributed by atoms with Crippen LogP contribution >= 0.6 is 0 Å². The molecule has 2 rings (SSSR count). The average molecular weight is 271 g/mol. The number of ketones is 1. The number of primary amides is 1. The highest BCUT2D eigenvalue weighted by Gasteiger charge is 2.19. The van der Waals surface area contributed by atoms with E-state index in [9.17, 15) is 19.5 Å². The summed E-state index contributed by atoms with van der Waals surface area (Å²) in [5.41, 5.74) is 5.10. The number of amides is 1. The standard InChI is InChI=1S/C15H13NO4/c16-13(18)8-7-12(17)14-10-4-2-1-3-9(10)5-6-11(14)15(19)20/h1-6H,7-8H2,(H2,16,18)(H,19,20). The predicted molar refractivity (Wildman–Crippen MR) is 73.7 cm³/mol. The van der Waals surface area contributed by atoms with Crippen LogP contribution in [0.25, 0.3) is 10.8 Å². The predicted octanol–water partition coefficient (Wildman–Crippen LogP) is 1.99. The van der Waals surface area contributed by atoms with E-state index >= 15 is 0 Å². The number of aromatic carboxylic acids is 1. The summed E-state index contributed by atoms with van der Waals surface area (Å²) in [5, 5.41) is 10.6. The first kappa shape index (κ1) is 13.7. The highest BCUT2D eigenvalue weighted by atomic mass is 16.4. The Bertz CT molecular complexity index is 706. The molecule has 102 valence electrons. The van der Waals surface area contributed by atoms with Gasteiger partial charge in [-0.25, -0.2) is 4.79 Å². The van der Waals surface area contributed by atoms with Crippen LogP contribution in [-0.2, 0) is 4.79 Å². The molecular formula is C15H13NO4. The summed E-state index contributed by atoms with van der Waals surface area (Å²) in [4.78, 5) is 34.3. The maximum Gasteiger partial charge on any atom is 0.336 e. The summed E-state index contributed by atoms with van der Waals surface area (Å²) < 4.78 is 0. The highest BCUT2D eigenvalue weighted by Crippen LogP contribution is 2.24.